The van der Waals surface area contributed by atoms with Crippen LogP contribution in [0.2, 0.25) is 0 Å². The van der Waals surface area contributed by atoms with E-state index >= 15 is 0 Å². The van der Waals surface area contributed by atoms with E-state index in [0.717, 1.165) is 12.8 Å². The second-order valence-electron chi connectivity index (χ2n) is 3.03. The molecule has 0 saturated heterocycles. The van der Waals surface area contributed by atoms with Crippen molar-refractivity contribution in [2.45, 2.75) is 18.9 Å². The summed E-state index contributed by atoms with van der Waals surface area (Å²) in [7, 11) is 0. The fourth-order valence-electron chi connectivity index (χ4n) is 1.64. The molecular formula is C9H11NO. The highest BCUT2D eigenvalue weighted by atomic mass is 16.3. The summed E-state index contributed by atoms with van der Waals surface area (Å²) in [6.07, 6.45) is 2.02. The first-order valence-electron chi connectivity index (χ1n) is 3.85. The van der Waals surface area contributed by atoms with Crippen LogP contribution in [0, 0.1) is 0 Å². The molecule has 0 saturated carbocycles. The molecule has 0 fully saturated rings. The van der Waals surface area contributed by atoms with Gasteiger partial charge in [0.25, 0.3) is 0 Å². The van der Waals surface area contributed by atoms with Gasteiger partial charge < -0.3 is 10.8 Å². The number of hydrogen-bond donors (Lipinski definition) is 2. The average Bonchev–Trinajstić information content (AvgIpc) is 2.32. The Balaban J connectivity index is 2.50. The molecule has 0 spiro atoms. The highest BCUT2D eigenvalue weighted by molar-refractivity contribution is 5.39. The normalized spacial score (nSPS) is 21.7. The lowest BCUT2D eigenvalue weighted by Crippen LogP contribution is -2.04. The van der Waals surface area contributed by atoms with E-state index in [9.17, 15) is 0 Å². The summed E-state index contributed by atoms with van der Waals surface area (Å²) in [5, 5.41) is 9.14. The fourth-order valence-corrected chi connectivity index (χ4v) is 1.64. The Hall–Kier alpha value is -1.02. The third-order valence-electron chi connectivity index (χ3n) is 2.25. The van der Waals surface area contributed by atoms with Crippen LogP contribution in [0.25, 0.3) is 0 Å². The minimum absolute atomic E-state index is 0.186. The number of hydrogen-bond acceptors (Lipinski definition) is 2. The Morgan fingerprint density at radius 1 is 1.45 bits per heavy atom. The maximum Gasteiger partial charge on any atom is 0.115 e. The molecule has 1 unspecified atom stereocenters. The maximum atomic E-state index is 9.14. The van der Waals surface area contributed by atoms with Crippen molar-refractivity contribution in [2.75, 3.05) is 0 Å². The van der Waals surface area contributed by atoms with Gasteiger partial charge in [0.1, 0.15) is 5.75 Å². The number of rotatable bonds is 0. The van der Waals surface area contributed by atoms with E-state index in [2.05, 4.69) is 0 Å². The van der Waals surface area contributed by atoms with Crippen LogP contribution in [-0.4, -0.2) is 5.11 Å². The highest BCUT2D eigenvalue weighted by Crippen LogP contribution is 2.31. The number of phenols is 1. The van der Waals surface area contributed by atoms with Crippen LogP contribution in [-0.2, 0) is 6.42 Å². The van der Waals surface area contributed by atoms with Gasteiger partial charge in [0.05, 0.1) is 0 Å². The Labute approximate surface area is 65.7 Å². The minimum atomic E-state index is 0.186. The monoisotopic (exact) mass is 149 g/mol. The van der Waals surface area contributed by atoms with Crippen molar-refractivity contribution < 1.29 is 5.11 Å². The molecule has 0 bridgehead atoms. The van der Waals surface area contributed by atoms with Gasteiger partial charge in [-0.05, 0) is 36.1 Å². The van der Waals surface area contributed by atoms with Crippen molar-refractivity contribution in [3.8, 4) is 5.75 Å². The Kier molecular flexibility index (Phi) is 1.36. The molecule has 1 aliphatic rings. The molecule has 1 atom stereocenters. The predicted molar refractivity (Wildman–Crippen MR) is 43.4 cm³/mol. The summed E-state index contributed by atoms with van der Waals surface area (Å²) in [6.45, 7) is 0. The van der Waals surface area contributed by atoms with E-state index in [4.69, 9.17) is 10.8 Å². The standard InChI is InChI=1S/C9H11NO/c10-9-4-1-6-5-7(11)2-3-8(6)9/h2-3,5,9,11H,1,4,10H2. The Bertz CT molecular complexity index is 283. The van der Waals surface area contributed by atoms with Gasteiger partial charge in [-0.2, -0.15) is 0 Å². The van der Waals surface area contributed by atoms with Gasteiger partial charge in [-0.25, -0.2) is 0 Å². The van der Waals surface area contributed by atoms with Crippen LogP contribution in [0.3, 0.4) is 0 Å². The molecule has 11 heavy (non-hydrogen) atoms. The molecule has 2 nitrogen and oxygen atoms in total. The van der Waals surface area contributed by atoms with Crippen LogP contribution in [0.1, 0.15) is 23.6 Å². The average molecular weight is 149 g/mol. The zero-order valence-electron chi connectivity index (χ0n) is 6.25. The molecule has 1 aliphatic carbocycles. The summed E-state index contributed by atoms with van der Waals surface area (Å²) in [5.74, 6) is 0.345. The lowest BCUT2D eigenvalue weighted by molar-refractivity contribution is 0.474. The maximum absolute atomic E-state index is 9.14. The first-order valence-corrected chi connectivity index (χ1v) is 3.85. The molecule has 2 rings (SSSR count). The molecule has 0 heterocycles. The predicted octanol–water partition coefficient (Wildman–Crippen LogP) is 1.34. The third-order valence-corrected chi connectivity index (χ3v) is 2.25. The zero-order valence-corrected chi connectivity index (χ0v) is 6.25. The summed E-state index contributed by atoms with van der Waals surface area (Å²) >= 11 is 0. The van der Waals surface area contributed by atoms with Crippen LogP contribution in [0.5, 0.6) is 5.75 Å². The van der Waals surface area contributed by atoms with E-state index in [-0.39, 0.29) is 6.04 Å². The lowest BCUT2D eigenvalue weighted by atomic mass is 10.1. The quantitative estimate of drug-likeness (QED) is 0.584. The molecule has 1 aromatic carbocycles. The van der Waals surface area contributed by atoms with Gasteiger partial charge in [-0.3, -0.25) is 0 Å². The van der Waals surface area contributed by atoms with Crippen molar-refractivity contribution in [1.29, 1.82) is 0 Å². The number of phenolic OH excluding ortho intramolecular Hbond substituents is 1. The summed E-state index contributed by atoms with van der Waals surface area (Å²) in [5.41, 5.74) is 8.22. The highest BCUT2D eigenvalue weighted by Gasteiger charge is 2.18. The van der Waals surface area contributed by atoms with Crippen LogP contribution >= 0.6 is 0 Å². The molecular weight excluding hydrogens is 138 g/mol. The smallest absolute Gasteiger partial charge is 0.115 e. The largest absolute Gasteiger partial charge is 0.508 e. The molecule has 1 aromatic rings. The van der Waals surface area contributed by atoms with E-state index in [1.807, 2.05) is 12.1 Å². The Morgan fingerprint density at radius 2 is 2.27 bits per heavy atom. The number of benzene rings is 1. The zero-order chi connectivity index (χ0) is 7.84. The van der Waals surface area contributed by atoms with Crippen molar-refractivity contribution in [3.05, 3.63) is 29.3 Å². The van der Waals surface area contributed by atoms with Crippen LogP contribution in [0.4, 0.5) is 0 Å². The van der Waals surface area contributed by atoms with E-state index in [0.29, 0.717) is 5.75 Å². The number of nitrogens with two attached hydrogens (primary N) is 1. The second-order valence-corrected chi connectivity index (χ2v) is 3.03. The first kappa shape index (κ1) is 6.68. The minimum Gasteiger partial charge on any atom is -0.508 e. The number of fused-ring (bicyclic) bond motifs is 1. The van der Waals surface area contributed by atoms with Crippen LogP contribution < -0.4 is 5.73 Å². The van der Waals surface area contributed by atoms with Crippen LogP contribution in [0.15, 0.2) is 18.2 Å². The molecule has 0 aromatic heterocycles. The van der Waals surface area contributed by atoms with E-state index < -0.39 is 0 Å². The van der Waals surface area contributed by atoms with Gasteiger partial charge in [-0.15, -0.1) is 0 Å². The van der Waals surface area contributed by atoms with E-state index in [1.165, 1.54) is 11.1 Å². The van der Waals surface area contributed by atoms with Crippen molar-refractivity contribution in [3.63, 3.8) is 0 Å². The molecule has 2 heteroatoms. The van der Waals surface area contributed by atoms with Crippen molar-refractivity contribution in [2.24, 2.45) is 5.73 Å². The lowest BCUT2D eigenvalue weighted by Gasteiger charge is -2.03. The topological polar surface area (TPSA) is 46.2 Å². The number of aryl methyl sites for hydroxylation is 1. The van der Waals surface area contributed by atoms with Gasteiger partial charge in [-0.1, -0.05) is 6.07 Å². The Morgan fingerprint density at radius 3 is 3.09 bits per heavy atom. The van der Waals surface area contributed by atoms with Gasteiger partial charge in [0.15, 0.2) is 0 Å². The van der Waals surface area contributed by atoms with Crippen molar-refractivity contribution in [1.82, 2.24) is 0 Å². The first-order chi connectivity index (χ1) is 5.27. The van der Waals surface area contributed by atoms with E-state index in [1.54, 1.807) is 6.07 Å². The molecule has 0 amide bonds. The summed E-state index contributed by atoms with van der Waals surface area (Å²) in [4.78, 5) is 0. The SMILES string of the molecule is NC1CCc2cc(O)ccc21. The third kappa shape index (κ3) is 0.994. The van der Waals surface area contributed by atoms with Crippen molar-refractivity contribution >= 4 is 0 Å². The van der Waals surface area contributed by atoms with Gasteiger partial charge >= 0.3 is 0 Å². The number of aromatic hydroxyl groups is 1. The van der Waals surface area contributed by atoms with Gasteiger partial charge in [0.2, 0.25) is 0 Å². The summed E-state index contributed by atoms with van der Waals surface area (Å²) in [6, 6.07) is 5.61. The molecule has 3 N–H and O–H groups in total. The molecule has 0 radical (unpaired) electrons. The molecule has 0 aliphatic heterocycles. The summed E-state index contributed by atoms with van der Waals surface area (Å²) < 4.78 is 0. The van der Waals surface area contributed by atoms with Gasteiger partial charge in [0, 0.05) is 6.04 Å². The second kappa shape index (κ2) is 2.24. The fraction of sp³-hybridized carbons (Fsp3) is 0.333. The molecule has 58 valence electrons.